The fourth-order valence-electron chi connectivity index (χ4n) is 8.88. The highest BCUT2D eigenvalue weighted by Gasteiger charge is 2.57. The number of terminal acetylenes is 1. The van der Waals surface area contributed by atoms with Crippen LogP contribution in [0.5, 0.6) is 11.8 Å². The summed E-state index contributed by atoms with van der Waals surface area (Å²) in [5.74, 6) is -0.324. The smallest absolute Gasteiger partial charge is 0.318 e. The zero-order valence-electron chi connectivity index (χ0n) is 26.2. The Labute approximate surface area is 272 Å². The van der Waals surface area contributed by atoms with Gasteiger partial charge in [-0.15, -0.1) is 13.0 Å². The van der Waals surface area contributed by atoms with Gasteiger partial charge in [0.05, 0.1) is 35.5 Å². The number of benzene rings is 2. The molecule has 2 bridgehead atoms. The van der Waals surface area contributed by atoms with Gasteiger partial charge >= 0.3 is 6.01 Å². The van der Waals surface area contributed by atoms with Crippen molar-refractivity contribution in [3.05, 3.63) is 65.1 Å². The molecule has 0 aliphatic carbocycles. The van der Waals surface area contributed by atoms with E-state index in [1.54, 1.807) is 24.3 Å². The minimum absolute atomic E-state index is 0.00890. The molecule has 4 saturated heterocycles. The minimum Gasteiger partial charge on any atom is -0.508 e. The quantitative estimate of drug-likeness (QED) is 0.272. The maximum absolute atomic E-state index is 15.2. The molecule has 1 aromatic heterocycles. The third-order valence-corrected chi connectivity index (χ3v) is 11.0. The Bertz CT molecular complexity index is 1780. The number of aromatic hydroxyl groups is 1. The molecule has 1 N–H and O–H groups in total. The van der Waals surface area contributed by atoms with Gasteiger partial charge in [0.1, 0.15) is 24.0 Å². The molecule has 8 nitrogen and oxygen atoms in total. The molecule has 2 aromatic carbocycles. The number of hydrogen-bond acceptors (Lipinski definition) is 8. The van der Waals surface area contributed by atoms with Gasteiger partial charge in [0.25, 0.3) is 5.92 Å². The first-order valence-corrected chi connectivity index (χ1v) is 16.5. The van der Waals surface area contributed by atoms with Gasteiger partial charge in [0.15, 0.2) is 0 Å². The Balaban J connectivity index is 1.18. The van der Waals surface area contributed by atoms with Gasteiger partial charge in [-0.2, -0.15) is 9.97 Å². The van der Waals surface area contributed by atoms with E-state index in [9.17, 15) is 9.50 Å². The number of ether oxygens (including phenoxy) is 2. The van der Waals surface area contributed by atoms with Crippen LogP contribution < -0.4 is 9.64 Å². The minimum atomic E-state index is -2.83. The average molecular weight is 646 g/mol. The second kappa shape index (κ2) is 11.4. The highest BCUT2D eigenvalue weighted by molar-refractivity contribution is 5.93. The molecule has 246 valence electrons. The highest BCUT2D eigenvalue weighted by Crippen LogP contribution is 2.45. The summed E-state index contributed by atoms with van der Waals surface area (Å²) >= 11 is 0. The Hall–Kier alpha value is -3.85. The molecular formula is C36H38F3N5O3. The molecule has 0 unspecified atom stereocenters. The van der Waals surface area contributed by atoms with E-state index in [0.29, 0.717) is 47.5 Å². The van der Waals surface area contributed by atoms with E-state index < -0.39 is 23.9 Å². The molecule has 6 heterocycles. The van der Waals surface area contributed by atoms with Crippen molar-refractivity contribution >= 4 is 16.6 Å². The third kappa shape index (κ3) is 5.04. The Kier molecular flexibility index (Phi) is 7.39. The first kappa shape index (κ1) is 30.5. The lowest BCUT2D eigenvalue weighted by molar-refractivity contribution is -0.0290. The second-order valence-corrected chi connectivity index (χ2v) is 13.7. The van der Waals surface area contributed by atoms with Crippen molar-refractivity contribution in [2.24, 2.45) is 0 Å². The number of rotatable bonds is 7. The molecule has 11 heteroatoms. The van der Waals surface area contributed by atoms with Crippen LogP contribution in [0.4, 0.5) is 19.0 Å². The van der Waals surface area contributed by atoms with Crippen LogP contribution in [-0.2, 0) is 17.8 Å². The van der Waals surface area contributed by atoms with Crippen molar-refractivity contribution in [1.29, 1.82) is 0 Å². The average Bonchev–Trinajstić information content (AvgIpc) is 3.67. The number of piperazine rings is 1. The van der Waals surface area contributed by atoms with E-state index in [2.05, 4.69) is 17.4 Å². The predicted octanol–water partition coefficient (Wildman–Crippen LogP) is 5.36. The molecule has 0 amide bonds. The summed E-state index contributed by atoms with van der Waals surface area (Å²) in [6, 6.07) is 4.89. The third-order valence-electron chi connectivity index (χ3n) is 11.0. The summed E-state index contributed by atoms with van der Waals surface area (Å²) in [6.45, 7) is 7.35. The first-order chi connectivity index (χ1) is 22.7. The zero-order chi connectivity index (χ0) is 32.5. The van der Waals surface area contributed by atoms with E-state index in [1.165, 1.54) is 6.07 Å². The summed E-state index contributed by atoms with van der Waals surface area (Å²) in [5, 5.41) is 11.7. The number of alkyl halides is 2. The zero-order valence-corrected chi connectivity index (χ0v) is 26.2. The molecular weight excluding hydrogens is 607 g/mol. The predicted molar refractivity (Wildman–Crippen MR) is 171 cm³/mol. The lowest BCUT2D eigenvalue weighted by Crippen LogP contribution is -2.56. The lowest BCUT2D eigenvalue weighted by atomic mass is 9.91. The van der Waals surface area contributed by atoms with Crippen LogP contribution in [0.1, 0.15) is 60.6 Å². The monoisotopic (exact) mass is 645 g/mol. The standard InChI is InChI=1S/C36H38F3N5O3/c1-3-11-44-23-17-36(38,39)31(44)19-42(18-23)33-27-20-46-30(26-15-24(45)14-22-7-8-28(37)25(4-2)32(22)26)16-29(27)40-34(41-33)47-21-35-9-5-12-43(35)13-6-10-35/h2-3,7-8,14-15,23,30-31,45H,1,5-6,9-13,16-21H2/t23-,30+,31-/m1/s1. The van der Waals surface area contributed by atoms with Crippen molar-refractivity contribution in [1.82, 2.24) is 19.8 Å². The van der Waals surface area contributed by atoms with Gasteiger partial charge < -0.3 is 19.5 Å². The van der Waals surface area contributed by atoms with Crippen LogP contribution in [0.15, 0.2) is 36.9 Å². The molecule has 3 aromatic rings. The fourth-order valence-corrected chi connectivity index (χ4v) is 8.88. The van der Waals surface area contributed by atoms with Gasteiger partial charge in [-0.25, -0.2) is 13.2 Å². The van der Waals surface area contributed by atoms with Gasteiger partial charge in [-0.3, -0.25) is 9.80 Å². The SMILES string of the molecule is C#Cc1c(F)ccc2cc(O)cc([C@@H]3Cc4nc(OCC56CCCN5CCC6)nc(N5C[C@H]6CC(F)(F)[C@@H](C5)N6CC=C)c4CO3)c12. The van der Waals surface area contributed by atoms with E-state index >= 15 is 8.78 Å². The van der Waals surface area contributed by atoms with E-state index in [1.807, 2.05) is 9.80 Å². The summed E-state index contributed by atoms with van der Waals surface area (Å²) in [6.07, 6.45) is 11.3. The molecule has 3 atom stereocenters. The molecule has 47 heavy (non-hydrogen) atoms. The topological polar surface area (TPSA) is 74.2 Å². The normalized spacial score (nSPS) is 26.3. The van der Waals surface area contributed by atoms with Crippen molar-refractivity contribution in [3.8, 4) is 24.1 Å². The molecule has 0 spiro atoms. The number of anilines is 1. The van der Waals surface area contributed by atoms with E-state index in [4.69, 9.17) is 25.9 Å². The van der Waals surface area contributed by atoms with Gasteiger partial charge in [-0.1, -0.05) is 18.1 Å². The Morgan fingerprint density at radius 2 is 1.98 bits per heavy atom. The largest absolute Gasteiger partial charge is 0.508 e. The number of halogens is 3. The van der Waals surface area contributed by atoms with Crippen molar-refractivity contribution < 1.29 is 27.8 Å². The first-order valence-electron chi connectivity index (χ1n) is 16.5. The number of phenolic OH excluding ortho intramolecular Hbond substituents is 1. The summed E-state index contributed by atoms with van der Waals surface area (Å²) < 4.78 is 58.2. The van der Waals surface area contributed by atoms with Crippen LogP contribution in [0.25, 0.3) is 10.8 Å². The Morgan fingerprint density at radius 1 is 1.17 bits per heavy atom. The van der Waals surface area contributed by atoms with Crippen LogP contribution >= 0.6 is 0 Å². The van der Waals surface area contributed by atoms with Gasteiger partial charge in [0.2, 0.25) is 0 Å². The highest BCUT2D eigenvalue weighted by atomic mass is 19.3. The Morgan fingerprint density at radius 3 is 2.72 bits per heavy atom. The van der Waals surface area contributed by atoms with E-state index in [-0.39, 0.29) is 54.9 Å². The van der Waals surface area contributed by atoms with E-state index in [0.717, 1.165) is 44.3 Å². The number of aromatic nitrogens is 2. The number of nitrogens with zero attached hydrogens (tertiary/aromatic N) is 5. The molecule has 8 rings (SSSR count). The van der Waals surface area contributed by atoms with Gasteiger partial charge in [0, 0.05) is 49.5 Å². The number of hydrogen-bond donors (Lipinski definition) is 1. The molecule has 5 aliphatic heterocycles. The van der Waals surface area contributed by atoms with Crippen LogP contribution in [0.2, 0.25) is 0 Å². The van der Waals surface area contributed by atoms with Crippen molar-refractivity contribution in [3.63, 3.8) is 0 Å². The van der Waals surface area contributed by atoms with Crippen molar-refractivity contribution in [2.75, 3.05) is 44.2 Å². The fraction of sp³-hybridized carbons (Fsp3) is 0.500. The van der Waals surface area contributed by atoms with Gasteiger partial charge in [-0.05, 0) is 67.9 Å². The second-order valence-electron chi connectivity index (χ2n) is 13.7. The molecule has 4 fully saturated rings. The maximum atomic E-state index is 15.2. The van der Waals surface area contributed by atoms with Crippen LogP contribution in [0, 0.1) is 18.2 Å². The van der Waals surface area contributed by atoms with Crippen LogP contribution in [-0.4, -0.2) is 87.8 Å². The van der Waals surface area contributed by atoms with Crippen molar-refractivity contribution in [2.45, 2.75) is 74.8 Å². The summed E-state index contributed by atoms with van der Waals surface area (Å²) in [7, 11) is 0. The number of phenols is 1. The van der Waals surface area contributed by atoms with Crippen LogP contribution in [0.3, 0.4) is 0 Å². The maximum Gasteiger partial charge on any atom is 0.318 e. The molecule has 5 aliphatic rings. The summed E-state index contributed by atoms with van der Waals surface area (Å²) in [5.41, 5.74) is 2.03. The molecule has 0 radical (unpaired) electrons. The number of fused-ring (bicyclic) bond motifs is 5. The lowest BCUT2D eigenvalue weighted by Gasteiger charge is -2.42. The molecule has 0 saturated carbocycles. The summed E-state index contributed by atoms with van der Waals surface area (Å²) in [4.78, 5) is 16.1.